The van der Waals surface area contributed by atoms with Crippen LogP contribution in [-0.2, 0) is 0 Å². The first-order chi connectivity index (χ1) is 9.66. The van der Waals surface area contributed by atoms with Gasteiger partial charge in [-0.2, -0.15) is 25.3 Å². The number of rotatable bonds is 1. The summed E-state index contributed by atoms with van der Waals surface area (Å²) < 4.78 is 0.209. The van der Waals surface area contributed by atoms with Gasteiger partial charge in [-0.3, -0.25) is 0 Å². The molecule has 4 rings (SSSR count). The van der Waals surface area contributed by atoms with Crippen LogP contribution in [0.1, 0.15) is 53.9 Å². The Morgan fingerprint density at radius 1 is 1.19 bits per heavy atom. The Kier molecular flexibility index (Phi) is 3.06. The monoisotopic (exact) mass is 322 g/mol. The van der Waals surface area contributed by atoms with Crippen molar-refractivity contribution in [1.82, 2.24) is 0 Å². The molecule has 0 aromatic heterocycles. The minimum Gasteiger partial charge on any atom is -0.172 e. The van der Waals surface area contributed by atoms with Crippen molar-refractivity contribution in [3.8, 4) is 0 Å². The molecule has 0 bridgehead atoms. The Bertz CT molecular complexity index is 514. The highest BCUT2D eigenvalue weighted by Gasteiger charge is 2.65. The third kappa shape index (κ3) is 1.73. The van der Waals surface area contributed by atoms with Crippen LogP contribution in [0.5, 0.6) is 0 Å². The Morgan fingerprint density at radius 3 is 2.48 bits per heavy atom. The van der Waals surface area contributed by atoms with Crippen molar-refractivity contribution in [2.75, 3.05) is 0 Å². The summed E-state index contributed by atoms with van der Waals surface area (Å²) >= 11 is 10.2. The smallest absolute Gasteiger partial charge is 0.0294 e. The average Bonchev–Trinajstić information content (AvgIpc) is 2.72. The maximum absolute atomic E-state index is 5.20. The van der Waals surface area contributed by atoms with Crippen molar-refractivity contribution in [1.29, 1.82) is 0 Å². The lowest BCUT2D eigenvalue weighted by atomic mass is 9.60. The molecule has 2 saturated carbocycles. The molecule has 118 valence electrons. The summed E-state index contributed by atoms with van der Waals surface area (Å²) in [6.45, 7) is 12.4. The van der Waals surface area contributed by atoms with Gasteiger partial charge in [-0.05, 0) is 60.2 Å². The van der Waals surface area contributed by atoms with Gasteiger partial charge in [0, 0.05) is 10.00 Å². The first-order valence-corrected chi connectivity index (χ1v) is 9.76. The Morgan fingerprint density at radius 2 is 1.86 bits per heavy atom. The second-order valence-electron chi connectivity index (χ2n) is 9.47. The highest BCUT2D eigenvalue weighted by Crippen LogP contribution is 2.72. The number of hydrogen-bond acceptors (Lipinski definition) is 2. The summed E-state index contributed by atoms with van der Waals surface area (Å²) in [5.41, 5.74) is 3.99. The molecule has 0 spiro atoms. The molecule has 7 atom stereocenters. The summed E-state index contributed by atoms with van der Waals surface area (Å²) in [6, 6.07) is 0. The average molecular weight is 323 g/mol. The van der Waals surface area contributed by atoms with E-state index in [-0.39, 0.29) is 4.75 Å². The lowest BCUT2D eigenvalue weighted by Gasteiger charge is -2.47. The van der Waals surface area contributed by atoms with E-state index in [0.717, 1.165) is 35.5 Å². The maximum Gasteiger partial charge on any atom is 0.0294 e. The van der Waals surface area contributed by atoms with E-state index in [1.807, 2.05) is 5.57 Å². The first-order valence-electron chi connectivity index (χ1n) is 8.79. The zero-order chi connectivity index (χ0) is 15.3. The fourth-order valence-electron chi connectivity index (χ4n) is 7.24. The molecular weight excluding hydrogens is 292 g/mol. The van der Waals surface area contributed by atoms with E-state index in [1.165, 1.54) is 19.3 Å². The summed E-state index contributed by atoms with van der Waals surface area (Å²) in [5, 5.41) is 0.576. The van der Waals surface area contributed by atoms with E-state index in [4.69, 9.17) is 25.3 Å². The standard InChI is InChI=1S/C19H30S2/c1-9(2)13-7-12-15-11(16(12)20)6-10-8-19(5,21)17(14(10)15)18(13,3)4/h9-10,12-14,16-17,20-21H,6-8H2,1-5H3. The molecule has 7 unspecified atom stereocenters. The molecule has 0 heterocycles. The molecule has 0 saturated heterocycles. The van der Waals surface area contributed by atoms with Crippen molar-refractivity contribution in [3.05, 3.63) is 11.1 Å². The third-order valence-corrected chi connectivity index (χ3v) is 8.76. The van der Waals surface area contributed by atoms with E-state index in [1.54, 1.807) is 5.57 Å². The predicted octanol–water partition coefficient (Wildman–Crippen LogP) is 5.26. The summed E-state index contributed by atoms with van der Waals surface area (Å²) in [7, 11) is 0. The van der Waals surface area contributed by atoms with Gasteiger partial charge in [-0.25, -0.2) is 0 Å². The molecule has 0 amide bonds. The normalized spacial score (nSPS) is 53.7. The van der Waals surface area contributed by atoms with Gasteiger partial charge >= 0.3 is 0 Å². The zero-order valence-electron chi connectivity index (χ0n) is 14.1. The fraction of sp³-hybridized carbons (Fsp3) is 0.895. The fourth-order valence-corrected chi connectivity index (χ4v) is 8.51. The van der Waals surface area contributed by atoms with Crippen LogP contribution in [0, 0.1) is 40.9 Å². The second-order valence-corrected chi connectivity index (χ2v) is 11.0. The van der Waals surface area contributed by atoms with Crippen molar-refractivity contribution < 1.29 is 0 Å². The van der Waals surface area contributed by atoms with Crippen LogP contribution >= 0.6 is 25.3 Å². The van der Waals surface area contributed by atoms with Crippen LogP contribution in [-0.4, -0.2) is 10.00 Å². The first kappa shape index (κ1) is 15.0. The molecule has 0 nitrogen and oxygen atoms in total. The molecule has 0 aromatic rings. The zero-order valence-corrected chi connectivity index (χ0v) is 15.8. The van der Waals surface area contributed by atoms with Crippen molar-refractivity contribution >= 4 is 25.3 Å². The van der Waals surface area contributed by atoms with Crippen LogP contribution in [0.4, 0.5) is 0 Å². The van der Waals surface area contributed by atoms with Gasteiger partial charge in [0.25, 0.3) is 0 Å². The minimum absolute atomic E-state index is 0.209. The van der Waals surface area contributed by atoms with Crippen LogP contribution in [0.15, 0.2) is 11.1 Å². The van der Waals surface area contributed by atoms with Crippen molar-refractivity contribution in [2.24, 2.45) is 40.9 Å². The molecule has 4 aliphatic rings. The number of thiol groups is 2. The van der Waals surface area contributed by atoms with Gasteiger partial charge in [0.05, 0.1) is 0 Å². The maximum atomic E-state index is 5.20. The molecule has 21 heavy (non-hydrogen) atoms. The lowest BCUT2D eigenvalue weighted by molar-refractivity contribution is 0.0524. The van der Waals surface area contributed by atoms with Gasteiger partial charge < -0.3 is 0 Å². The molecule has 0 aliphatic heterocycles. The third-order valence-electron chi connectivity index (χ3n) is 7.63. The van der Waals surface area contributed by atoms with Crippen LogP contribution in [0.25, 0.3) is 0 Å². The van der Waals surface area contributed by atoms with E-state index in [2.05, 4.69) is 34.6 Å². The van der Waals surface area contributed by atoms with Gasteiger partial charge in [-0.15, -0.1) is 0 Å². The summed E-state index contributed by atoms with van der Waals surface area (Å²) in [5.74, 6) is 4.77. The quantitative estimate of drug-likeness (QED) is 0.477. The Labute approximate surface area is 141 Å². The van der Waals surface area contributed by atoms with E-state index in [9.17, 15) is 0 Å². The molecule has 4 aliphatic carbocycles. The van der Waals surface area contributed by atoms with Gasteiger partial charge in [0.2, 0.25) is 0 Å². The van der Waals surface area contributed by atoms with Gasteiger partial charge in [0.1, 0.15) is 0 Å². The van der Waals surface area contributed by atoms with Crippen LogP contribution in [0.2, 0.25) is 0 Å². The molecular formula is C19H30S2. The Hall–Kier alpha value is 0.440. The highest BCUT2D eigenvalue weighted by atomic mass is 32.1. The van der Waals surface area contributed by atoms with E-state index in [0.29, 0.717) is 10.7 Å². The largest absolute Gasteiger partial charge is 0.172 e. The summed E-state index contributed by atoms with van der Waals surface area (Å²) in [4.78, 5) is 0. The number of allylic oxidation sites excluding steroid dienone is 1. The highest BCUT2D eigenvalue weighted by molar-refractivity contribution is 7.81. The van der Waals surface area contributed by atoms with Crippen LogP contribution in [0.3, 0.4) is 0 Å². The lowest BCUT2D eigenvalue weighted by Crippen LogP contribution is -2.43. The summed E-state index contributed by atoms with van der Waals surface area (Å²) in [6.07, 6.45) is 4.00. The molecule has 0 aromatic carbocycles. The minimum atomic E-state index is 0.209. The van der Waals surface area contributed by atoms with Crippen LogP contribution < -0.4 is 0 Å². The molecule has 2 fully saturated rings. The topological polar surface area (TPSA) is 0 Å². The van der Waals surface area contributed by atoms with Crippen molar-refractivity contribution in [2.45, 2.75) is 63.9 Å². The van der Waals surface area contributed by atoms with Crippen molar-refractivity contribution in [3.63, 3.8) is 0 Å². The molecule has 0 radical (unpaired) electrons. The molecule has 2 heteroatoms. The SMILES string of the molecule is CC(C)C1CC2C3=C(CC4CC(C)(S)C(C34)C1(C)C)C2S. The van der Waals surface area contributed by atoms with E-state index >= 15 is 0 Å². The predicted molar refractivity (Wildman–Crippen MR) is 97.1 cm³/mol. The second kappa shape index (κ2) is 4.29. The Balaban J connectivity index is 1.87. The van der Waals surface area contributed by atoms with Gasteiger partial charge in [0.15, 0.2) is 0 Å². The van der Waals surface area contributed by atoms with E-state index < -0.39 is 0 Å². The number of hydrogen-bond donors (Lipinski definition) is 2. The van der Waals surface area contributed by atoms with Gasteiger partial charge in [-0.1, -0.05) is 45.8 Å². The molecule has 0 N–H and O–H groups in total.